The average Bonchev–Trinajstić information content (AvgIpc) is 2.62. The number of amides is 2. The van der Waals surface area contributed by atoms with Crippen LogP contribution in [0.1, 0.15) is 48.9 Å². The lowest BCUT2D eigenvalue weighted by Crippen LogP contribution is -2.51. The zero-order valence-corrected chi connectivity index (χ0v) is 14.4. The van der Waals surface area contributed by atoms with Crippen molar-refractivity contribution in [1.29, 1.82) is 0 Å². The van der Waals surface area contributed by atoms with E-state index in [0.29, 0.717) is 12.5 Å². The SMILES string of the molecule is NC(=O)c1cc([N+](=O)[O-])cn(CC(=O)N2CCCC3CCCCC32)c1=O. The van der Waals surface area contributed by atoms with Gasteiger partial charge >= 0.3 is 0 Å². The van der Waals surface area contributed by atoms with Crippen molar-refractivity contribution >= 4 is 17.5 Å². The number of hydrogen-bond acceptors (Lipinski definition) is 5. The highest BCUT2D eigenvalue weighted by Crippen LogP contribution is 2.35. The average molecular weight is 362 g/mol. The van der Waals surface area contributed by atoms with Gasteiger partial charge in [-0.25, -0.2) is 0 Å². The van der Waals surface area contributed by atoms with E-state index < -0.39 is 27.6 Å². The number of carbonyl (C=O) groups excluding carboxylic acids is 2. The molecule has 0 spiro atoms. The van der Waals surface area contributed by atoms with Crippen LogP contribution in [0.5, 0.6) is 0 Å². The molecule has 2 heterocycles. The maximum absolute atomic E-state index is 12.8. The second-order valence-corrected chi connectivity index (χ2v) is 7.01. The van der Waals surface area contributed by atoms with E-state index in [1.165, 1.54) is 6.42 Å². The molecular weight excluding hydrogens is 340 g/mol. The van der Waals surface area contributed by atoms with E-state index in [1.807, 2.05) is 4.90 Å². The van der Waals surface area contributed by atoms with Crippen LogP contribution in [0.15, 0.2) is 17.1 Å². The predicted octanol–water partition coefficient (Wildman–Crippen LogP) is 1.04. The Morgan fingerprint density at radius 3 is 2.62 bits per heavy atom. The summed E-state index contributed by atoms with van der Waals surface area (Å²) in [7, 11) is 0. The van der Waals surface area contributed by atoms with Crippen LogP contribution in [0.25, 0.3) is 0 Å². The zero-order chi connectivity index (χ0) is 18.8. The Kier molecular flexibility index (Phi) is 5.06. The summed E-state index contributed by atoms with van der Waals surface area (Å²) < 4.78 is 0.924. The Bertz CT molecular complexity index is 801. The minimum absolute atomic E-state index is 0.176. The summed E-state index contributed by atoms with van der Waals surface area (Å²) in [5.74, 6) is -0.811. The van der Waals surface area contributed by atoms with Crippen molar-refractivity contribution in [2.45, 2.75) is 51.1 Å². The van der Waals surface area contributed by atoms with Gasteiger partial charge in [-0.2, -0.15) is 0 Å². The fourth-order valence-electron chi connectivity index (χ4n) is 4.18. The molecule has 1 saturated carbocycles. The molecule has 0 aromatic carbocycles. The third-order valence-corrected chi connectivity index (χ3v) is 5.42. The van der Waals surface area contributed by atoms with Gasteiger partial charge in [0.05, 0.1) is 11.1 Å². The van der Waals surface area contributed by atoms with Crippen LogP contribution in [0.3, 0.4) is 0 Å². The minimum Gasteiger partial charge on any atom is -0.365 e. The Morgan fingerprint density at radius 1 is 1.23 bits per heavy atom. The molecule has 26 heavy (non-hydrogen) atoms. The number of pyridine rings is 1. The van der Waals surface area contributed by atoms with Crippen LogP contribution in [-0.2, 0) is 11.3 Å². The van der Waals surface area contributed by atoms with Gasteiger partial charge in [-0.3, -0.25) is 29.1 Å². The maximum Gasteiger partial charge on any atom is 0.286 e. The van der Waals surface area contributed by atoms with Crippen molar-refractivity contribution in [3.8, 4) is 0 Å². The zero-order valence-electron chi connectivity index (χ0n) is 14.4. The number of carbonyl (C=O) groups is 2. The van der Waals surface area contributed by atoms with Gasteiger partial charge in [0.2, 0.25) is 5.91 Å². The van der Waals surface area contributed by atoms with Gasteiger partial charge in [0.1, 0.15) is 12.1 Å². The molecule has 2 atom stereocenters. The smallest absolute Gasteiger partial charge is 0.286 e. The van der Waals surface area contributed by atoms with E-state index in [1.54, 1.807) is 0 Å². The normalized spacial score (nSPS) is 22.5. The summed E-state index contributed by atoms with van der Waals surface area (Å²) in [6.07, 6.45) is 7.34. The summed E-state index contributed by atoms with van der Waals surface area (Å²) in [5.41, 5.74) is 3.43. The van der Waals surface area contributed by atoms with Crippen molar-refractivity contribution in [2.75, 3.05) is 6.54 Å². The van der Waals surface area contributed by atoms with Gasteiger partial charge in [-0.1, -0.05) is 12.8 Å². The highest BCUT2D eigenvalue weighted by atomic mass is 16.6. The molecule has 2 N–H and O–H groups in total. The van der Waals surface area contributed by atoms with Gasteiger partial charge < -0.3 is 10.6 Å². The quantitative estimate of drug-likeness (QED) is 0.632. The van der Waals surface area contributed by atoms with Gasteiger partial charge in [0.25, 0.3) is 17.2 Å². The largest absolute Gasteiger partial charge is 0.365 e. The van der Waals surface area contributed by atoms with Crippen LogP contribution in [0.4, 0.5) is 5.69 Å². The predicted molar refractivity (Wildman–Crippen MR) is 92.6 cm³/mol. The fourth-order valence-corrected chi connectivity index (χ4v) is 4.18. The number of primary amides is 1. The molecule has 1 aliphatic heterocycles. The highest BCUT2D eigenvalue weighted by Gasteiger charge is 2.35. The van der Waals surface area contributed by atoms with Gasteiger partial charge in [-0.15, -0.1) is 0 Å². The third-order valence-electron chi connectivity index (χ3n) is 5.42. The molecule has 0 bridgehead atoms. The number of likely N-dealkylation sites (tertiary alicyclic amines) is 1. The molecule has 2 fully saturated rings. The summed E-state index contributed by atoms with van der Waals surface area (Å²) in [6.45, 7) is 0.302. The second-order valence-electron chi connectivity index (χ2n) is 7.01. The first kappa shape index (κ1) is 18.1. The Labute approximate surface area is 149 Å². The van der Waals surface area contributed by atoms with Crippen LogP contribution in [0.2, 0.25) is 0 Å². The van der Waals surface area contributed by atoms with E-state index in [4.69, 9.17) is 5.73 Å². The number of piperidine rings is 1. The van der Waals surface area contributed by atoms with E-state index in [2.05, 4.69) is 0 Å². The minimum atomic E-state index is -1.05. The van der Waals surface area contributed by atoms with Gasteiger partial charge in [0, 0.05) is 18.7 Å². The van der Waals surface area contributed by atoms with Crippen LogP contribution in [-0.4, -0.2) is 38.8 Å². The summed E-state index contributed by atoms with van der Waals surface area (Å²) in [6, 6.07) is 1.03. The summed E-state index contributed by atoms with van der Waals surface area (Å²) in [5, 5.41) is 11.1. The topological polar surface area (TPSA) is 129 Å². The Hall–Kier alpha value is -2.71. The van der Waals surface area contributed by atoms with Crippen LogP contribution in [0, 0.1) is 16.0 Å². The van der Waals surface area contributed by atoms with Crippen molar-refractivity contribution in [3.63, 3.8) is 0 Å². The van der Waals surface area contributed by atoms with Gasteiger partial charge in [0.15, 0.2) is 0 Å². The highest BCUT2D eigenvalue weighted by molar-refractivity contribution is 5.93. The van der Waals surface area contributed by atoms with Crippen molar-refractivity contribution in [3.05, 3.63) is 38.3 Å². The standard InChI is InChI=1S/C17H22N4O5/c18-16(23)13-8-12(21(25)26)9-19(17(13)24)10-15(22)20-7-3-5-11-4-1-2-6-14(11)20/h8-9,11,14H,1-7,10H2,(H2,18,23). The molecule has 0 radical (unpaired) electrons. The Balaban J connectivity index is 1.87. The van der Waals surface area contributed by atoms with E-state index in [0.717, 1.165) is 48.9 Å². The molecule has 1 saturated heterocycles. The molecule has 140 valence electrons. The fraction of sp³-hybridized carbons (Fsp3) is 0.588. The second kappa shape index (κ2) is 7.27. The molecule has 9 nitrogen and oxygen atoms in total. The molecule has 2 amide bonds. The molecular formula is C17H22N4O5. The van der Waals surface area contributed by atoms with Gasteiger partial charge in [-0.05, 0) is 31.6 Å². The lowest BCUT2D eigenvalue weighted by molar-refractivity contribution is -0.385. The third kappa shape index (κ3) is 3.47. The molecule has 1 aliphatic carbocycles. The van der Waals surface area contributed by atoms with Crippen molar-refractivity contribution < 1.29 is 14.5 Å². The number of aromatic nitrogens is 1. The molecule has 2 unspecified atom stereocenters. The lowest BCUT2D eigenvalue weighted by Gasteiger charge is -2.44. The molecule has 3 rings (SSSR count). The number of nitrogens with two attached hydrogens (primary N) is 1. The number of hydrogen-bond donors (Lipinski definition) is 1. The summed E-state index contributed by atoms with van der Waals surface area (Å²) >= 11 is 0. The number of rotatable bonds is 4. The van der Waals surface area contributed by atoms with E-state index >= 15 is 0 Å². The molecule has 1 aromatic rings. The lowest BCUT2D eigenvalue weighted by atomic mass is 9.78. The molecule has 2 aliphatic rings. The number of fused-ring (bicyclic) bond motifs is 1. The number of nitro groups is 1. The first-order valence-corrected chi connectivity index (χ1v) is 8.86. The van der Waals surface area contributed by atoms with Crippen molar-refractivity contribution in [2.24, 2.45) is 11.7 Å². The Morgan fingerprint density at radius 2 is 1.92 bits per heavy atom. The van der Waals surface area contributed by atoms with Crippen LogP contribution < -0.4 is 11.3 Å². The maximum atomic E-state index is 12.8. The number of nitrogens with zero attached hydrogens (tertiary/aromatic N) is 3. The van der Waals surface area contributed by atoms with Crippen molar-refractivity contribution in [1.82, 2.24) is 9.47 Å². The monoisotopic (exact) mass is 362 g/mol. The first-order valence-electron chi connectivity index (χ1n) is 8.86. The van der Waals surface area contributed by atoms with Crippen LogP contribution >= 0.6 is 0 Å². The first-order chi connectivity index (χ1) is 12.4. The van der Waals surface area contributed by atoms with E-state index in [9.17, 15) is 24.5 Å². The summed E-state index contributed by atoms with van der Waals surface area (Å²) in [4.78, 5) is 48.7. The molecule has 9 heteroatoms. The van der Waals surface area contributed by atoms with E-state index in [-0.39, 0.29) is 18.5 Å². The molecule has 1 aromatic heterocycles.